The van der Waals surface area contributed by atoms with E-state index in [4.69, 9.17) is 19.3 Å². The molecule has 29 heavy (non-hydrogen) atoms. The highest BCUT2D eigenvalue weighted by molar-refractivity contribution is 5.45. The van der Waals surface area contributed by atoms with Gasteiger partial charge in [-0.3, -0.25) is 4.90 Å². The average molecular weight is 404 g/mol. The fourth-order valence-corrected chi connectivity index (χ4v) is 4.08. The summed E-state index contributed by atoms with van der Waals surface area (Å²) in [5.41, 5.74) is 5.55. The van der Waals surface area contributed by atoms with Gasteiger partial charge in [0.05, 0.1) is 12.9 Å². The highest BCUT2D eigenvalue weighted by atomic mass is 16.7. The topological polar surface area (TPSA) is 51.2 Å². The van der Waals surface area contributed by atoms with Crippen LogP contribution in [0.15, 0.2) is 58.6 Å². The Balaban J connectivity index is 0.000000551. The lowest BCUT2D eigenvalue weighted by atomic mass is 9.78. The van der Waals surface area contributed by atoms with Gasteiger partial charge in [-0.05, 0) is 61.1 Å². The van der Waals surface area contributed by atoms with Crippen LogP contribution in [0.5, 0.6) is 0 Å². The zero-order chi connectivity index (χ0) is 21.4. The van der Waals surface area contributed by atoms with Gasteiger partial charge >= 0.3 is 0 Å². The summed E-state index contributed by atoms with van der Waals surface area (Å²) in [7, 11) is 1.70. The molecule has 1 aliphatic carbocycles. The van der Waals surface area contributed by atoms with Crippen molar-refractivity contribution in [3.63, 3.8) is 0 Å². The first-order chi connectivity index (χ1) is 14.1. The lowest BCUT2D eigenvalue weighted by molar-refractivity contribution is 0.0483. The van der Waals surface area contributed by atoms with Crippen LogP contribution in [-0.2, 0) is 14.2 Å². The minimum Gasteiger partial charge on any atom is -0.501 e. The van der Waals surface area contributed by atoms with Crippen molar-refractivity contribution in [2.24, 2.45) is 0 Å². The molecule has 162 valence electrons. The van der Waals surface area contributed by atoms with Crippen molar-refractivity contribution in [2.75, 3.05) is 33.6 Å². The maximum Gasteiger partial charge on any atom is 0.189 e. The van der Waals surface area contributed by atoms with Crippen molar-refractivity contribution >= 4 is 0 Å². The molecule has 2 saturated heterocycles. The van der Waals surface area contributed by atoms with Crippen LogP contribution >= 0.6 is 0 Å². The second-order valence-electron chi connectivity index (χ2n) is 7.25. The minimum atomic E-state index is 0.122. The van der Waals surface area contributed by atoms with Crippen molar-refractivity contribution < 1.29 is 19.3 Å². The molecule has 2 fully saturated rings. The normalized spacial score (nSPS) is 27.4. The van der Waals surface area contributed by atoms with E-state index in [-0.39, 0.29) is 12.7 Å². The van der Waals surface area contributed by atoms with E-state index in [1.165, 1.54) is 22.3 Å². The van der Waals surface area contributed by atoms with Crippen molar-refractivity contribution in [3.05, 3.63) is 58.6 Å². The monoisotopic (exact) mass is 403 g/mol. The Bertz CT molecular complexity index is 702. The summed E-state index contributed by atoms with van der Waals surface area (Å²) in [5.74, 6) is 1.94. The van der Waals surface area contributed by atoms with E-state index < -0.39 is 0 Å². The molecule has 0 bridgehead atoms. The number of rotatable bonds is 2. The zero-order valence-electron chi connectivity index (χ0n) is 18.7. The number of methoxy groups -OCH3 is 1. The quantitative estimate of drug-likeness (QED) is 0.689. The molecule has 5 nitrogen and oxygen atoms in total. The number of nitrogens with zero attached hydrogens (tertiary/aromatic N) is 1. The fraction of sp³-hybridized carbons (Fsp3) is 0.583. The molecular weight excluding hydrogens is 366 g/mol. The molecule has 0 aromatic carbocycles. The van der Waals surface area contributed by atoms with E-state index >= 15 is 0 Å². The van der Waals surface area contributed by atoms with Gasteiger partial charge in [0.1, 0.15) is 11.9 Å². The smallest absolute Gasteiger partial charge is 0.189 e. The third-order valence-corrected chi connectivity index (χ3v) is 5.56. The highest BCUT2D eigenvalue weighted by Crippen LogP contribution is 2.42. The van der Waals surface area contributed by atoms with E-state index in [9.17, 15) is 0 Å². The number of ether oxygens (including phenoxy) is 3. The molecule has 2 atom stereocenters. The average Bonchev–Trinajstić information content (AvgIpc) is 3.20. The van der Waals surface area contributed by atoms with Gasteiger partial charge in [-0.25, -0.2) is 0 Å². The lowest BCUT2D eigenvalue weighted by Crippen LogP contribution is -2.47. The number of aliphatic hydroxyl groups excluding tert-OH is 1. The number of piperidine rings is 1. The van der Waals surface area contributed by atoms with E-state index in [0.717, 1.165) is 43.9 Å². The van der Waals surface area contributed by atoms with Crippen molar-refractivity contribution in [3.8, 4) is 0 Å². The molecule has 0 saturated carbocycles. The predicted molar refractivity (Wildman–Crippen MR) is 117 cm³/mol. The maximum atomic E-state index is 7.57. The van der Waals surface area contributed by atoms with Crippen molar-refractivity contribution in [1.29, 1.82) is 0 Å². The van der Waals surface area contributed by atoms with Crippen LogP contribution < -0.4 is 0 Å². The second-order valence-corrected chi connectivity index (χ2v) is 7.25. The molecule has 4 rings (SSSR count). The summed E-state index contributed by atoms with van der Waals surface area (Å²) >= 11 is 0. The Morgan fingerprint density at radius 3 is 2.79 bits per heavy atom. The molecule has 5 heteroatoms. The molecule has 0 radical (unpaired) electrons. The number of hydrogen-bond donors (Lipinski definition) is 1. The first-order valence-electron chi connectivity index (χ1n) is 10.7. The zero-order valence-corrected chi connectivity index (χ0v) is 18.7. The summed E-state index contributed by atoms with van der Waals surface area (Å²) in [5, 5.41) is 7.57. The summed E-state index contributed by atoms with van der Waals surface area (Å²) < 4.78 is 16.6. The second kappa shape index (κ2) is 11.4. The third kappa shape index (κ3) is 5.62. The molecule has 1 N–H and O–H groups in total. The summed E-state index contributed by atoms with van der Waals surface area (Å²) in [6.07, 6.45) is 9.65. The largest absolute Gasteiger partial charge is 0.501 e. The Hall–Kier alpha value is -1.82. The minimum absolute atomic E-state index is 0.122. The predicted octanol–water partition coefficient (Wildman–Crippen LogP) is 4.48. The summed E-state index contributed by atoms with van der Waals surface area (Å²) in [6.45, 7) is 14.6. The summed E-state index contributed by atoms with van der Waals surface area (Å²) in [6, 6.07) is 0.462. The first kappa shape index (κ1) is 23.5. The number of allylic oxidation sites excluding steroid dienone is 4. The lowest BCUT2D eigenvalue weighted by Gasteiger charge is -2.44. The molecule has 0 aromatic heterocycles. The van der Waals surface area contributed by atoms with E-state index in [1.807, 2.05) is 26.8 Å². The van der Waals surface area contributed by atoms with Gasteiger partial charge in [0.15, 0.2) is 6.79 Å². The van der Waals surface area contributed by atoms with Gasteiger partial charge in [-0.2, -0.15) is 0 Å². The van der Waals surface area contributed by atoms with Crippen LogP contribution in [-0.4, -0.2) is 55.8 Å². The van der Waals surface area contributed by atoms with E-state index in [0.29, 0.717) is 12.8 Å². The SMILES string of the molecule is C=C1CN2CCC3=C(CC4OCOC4=C3)C2C/C1=C/C=C(\C)OC.CC.CCO. The maximum absolute atomic E-state index is 7.57. The van der Waals surface area contributed by atoms with Crippen LogP contribution in [0.25, 0.3) is 0 Å². The number of aliphatic hydroxyl groups is 1. The standard InChI is InChI=1S/C20H25NO3.C2H6O.C2H6/c1-13-11-21-7-6-16-9-19-20(24-12-23-19)10-17(16)18(21)8-15(13)5-4-14(2)22-3;1-2-3;1-2/h4-5,9,18,20H,1,6-8,10-12H2,2-3H3;3H,2H2,1H3;1-2H3/b14-4+,15-5-;;. The van der Waals surface area contributed by atoms with Gasteiger partial charge in [0.2, 0.25) is 0 Å². The Morgan fingerprint density at radius 1 is 1.38 bits per heavy atom. The van der Waals surface area contributed by atoms with Gasteiger partial charge in [0.25, 0.3) is 0 Å². The highest BCUT2D eigenvalue weighted by Gasteiger charge is 2.39. The van der Waals surface area contributed by atoms with Gasteiger partial charge < -0.3 is 19.3 Å². The number of fused-ring (bicyclic) bond motifs is 3. The first-order valence-corrected chi connectivity index (χ1v) is 10.7. The summed E-state index contributed by atoms with van der Waals surface area (Å²) in [4.78, 5) is 2.57. The Labute approximate surface area is 176 Å². The molecule has 3 aliphatic heterocycles. The molecular formula is C24H37NO4. The van der Waals surface area contributed by atoms with E-state index in [2.05, 4.69) is 23.6 Å². The fourth-order valence-electron chi connectivity index (χ4n) is 4.08. The third-order valence-electron chi connectivity index (χ3n) is 5.56. The Kier molecular flexibility index (Phi) is 9.21. The molecule has 0 spiro atoms. The van der Waals surface area contributed by atoms with Crippen LogP contribution in [0, 0.1) is 0 Å². The van der Waals surface area contributed by atoms with Gasteiger partial charge in [0, 0.05) is 32.2 Å². The molecule has 0 aromatic rings. The van der Waals surface area contributed by atoms with Gasteiger partial charge in [-0.15, -0.1) is 0 Å². The number of hydrogen-bond acceptors (Lipinski definition) is 5. The van der Waals surface area contributed by atoms with Crippen LogP contribution in [0.3, 0.4) is 0 Å². The van der Waals surface area contributed by atoms with Gasteiger partial charge in [-0.1, -0.05) is 26.5 Å². The van der Waals surface area contributed by atoms with Crippen molar-refractivity contribution in [2.45, 2.75) is 59.1 Å². The van der Waals surface area contributed by atoms with E-state index in [1.54, 1.807) is 14.0 Å². The van der Waals surface area contributed by atoms with Crippen LogP contribution in [0.4, 0.5) is 0 Å². The molecule has 3 heterocycles. The molecule has 0 amide bonds. The van der Waals surface area contributed by atoms with Crippen molar-refractivity contribution in [1.82, 2.24) is 4.90 Å². The Morgan fingerprint density at radius 2 is 2.10 bits per heavy atom. The van der Waals surface area contributed by atoms with Crippen LogP contribution in [0.2, 0.25) is 0 Å². The molecule has 4 aliphatic rings. The molecule has 2 unspecified atom stereocenters. The van der Waals surface area contributed by atoms with Crippen LogP contribution in [0.1, 0.15) is 47.0 Å².